The van der Waals surface area contributed by atoms with Crippen molar-refractivity contribution in [1.82, 2.24) is 19.8 Å². The number of carbonyl (C=O) groups is 1. The number of aromatic nitrogens is 2. The Kier molecular flexibility index (Phi) is 5.89. The van der Waals surface area contributed by atoms with Gasteiger partial charge in [-0.25, -0.2) is 0 Å². The molecule has 2 aromatic heterocycles. The number of rotatable bonds is 7. The Bertz CT molecular complexity index is 1160. The summed E-state index contributed by atoms with van der Waals surface area (Å²) in [5.41, 5.74) is 5.58. The normalized spacial score (nSPS) is 20.1. The molecule has 0 bridgehead atoms. The Hall–Kier alpha value is -3.19. The summed E-state index contributed by atoms with van der Waals surface area (Å²) in [4.78, 5) is 19.5. The van der Waals surface area contributed by atoms with Crippen LogP contribution in [0.2, 0.25) is 0 Å². The molecule has 6 nitrogen and oxygen atoms in total. The molecule has 2 unspecified atom stereocenters. The molecule has 2 fully saturated rings. The van der Waals surface area contributed by atoms with Gasteiger partial charge in [-0.2, -0.15) is 0 Å². The first kappa shape index (κ1) is 21.6. The second kappa shape index (κ2) is 8.98. The molecular formula is C26H29N5OS. The number of benzene rings is 1. The molecule has 1 amide bonds. The van der Waals surface area contributed by atoms with E-state index in [4.69, 9.17) is 12.2 Å². The first-order valence-electron chi connectivity index (χ1n) is 11.5. The molecule has 1 saturated heterocycles. The standard InChI is InChI=1S/C26H29N5OS/c1-17-16-21(18(2)31(17)20-11-12-20)25-24(22-10-6-7-14-27-22)29-26(33)30(25)15-13-23(32)28-19-8-4-3-5-9-19/h3-10,14,16,20,24-25H,11-13,15H2,1-2H3,(H,28,32)(H,29,33). The van der Waals surface area contributed by atoms with Gasteiger partial charge in [0.15, 0.2) is 5.11 Å². The molecule has 1 aliphatic heterocycles. The van der Waals surface area contributed by atoms with Gasteiger partial charge in [0.2, 0.25) is 5.91 Å². The maximum Gasteiger partial charge on any atom is 0.226 e. The highest BCUT2D eigenvalue weighted by Gasteiger charge is 2.42. The van der Waals surface area contributed by atoms with Crippen molar-refractivity contribution in [1.29, 1.82) is 0 Å². The van der Waals surface area contributed by atoms with Crippen molar-refractivity contribution in [3.8, 4) is 0 Å². The molecule has 33 heavy (non-hydrogen) atoms. The molecule has 0 spiro atoms. The van der Waals surface area contributed by atoms with Crippen LogP contribution in [-0.2, 0) is 4.79 Å². The monoisotopic (exact) mass is 459 g/mol. The molecule has 3 heterocycles. The van der Waals surface area contributed by atoms with Crippen molar-refractivity contribution in [2.75, 3.05) is 11.9 Å². The number of amides is 1. The van der Waals surface area contributed by atoms with Crippen molar-refractivity contribution in [3.63, 3.8) is 0 Å². The number of pyridine rings is 1. The van der Waals surface area contributed by atoms with Crippen molar-refractivity contribution in [2.24, 2.45) is 0 Å². The van der Waals surface area contributed by atoms with Gasteiger partial charge in [-0.1, -0.05) is 24.3 Å². The third kappa shape index (κ3) is 4.37. The number of hydrogen-bond acceptors (Lipinski definition) is 3. The zero-order chi connectivity index (χ0) is 22.9. The average Bonchev–Trinajstić information content (AvgIpc) is 3.53. The van der Waals surface area contributed by atoms with Crippen molar-refractivity contribution >= 4 is 28.9 Å². The minimum absolute atomic E-state index is 0.0179. The highest BCUT2D eigenvalue weighted by atomic mass is 32.1. The predicted molar refractivity (Wildman–Crippen MR) is 134 cm³/mol. The van der Waals surface area contributed by atoms with Gasteiger partial charge in [0.05, 0.1) is 17.8 Å². The van der Waals surface area contributed by atoms with E-state index in [1.807, 2.05) is 54.7 Å². The van der Waals surface area contributed by atoms with Gasteiger partial charge in [0, 0.05) is 42.3 Å². The lowest BCUT2D eigenvalue weighted by Gasteiger charge is -2.28. The largest absolute Gasteiger partial charge is 0.352 e. The number of nitrogens with one attached hydrogen (secondary N) is 2. The highest BCUT2D eigenvalue weighted by molar-refractivity contribution is 7.80. The van der Waals surface area contributed by atoms with Crippen LogP contribution in [0, 0.1) is 13.8 Å². The van der Waals surface area contributed by atoms with E-state index in [2.05, 4.69) is 45.0 Å². The van der Waals surface area contributed by atoms with Crippen LogP contribution in [-0.4, -0.2) is 32.0 Å². The van der Waals surface area contributed by atoms with Gasteiger partial charge < -0.3 is 20.1 Å². The van der Waals surface area contributed by atoms with Crippen molar-refractivity contribution in [3.05, 3.63) is 83.4 Å². The van der Waals surface area contributed by atoms with Crippen LogP contribution in [0.25, 0.3) is 0 Å². The summed E-state index contributed by atoms with van der Waals surface area (Å²) in [6, 6.07) is 18.3. The summed E-state index contributed by atoms with van der Waals surface area (Å²) in [5.74, 6) is -0.0208. The van der Waals surface area contributed by atoms with E-state index in [1.165, 1.54) is 29.8 Å². The van der Waals surface area contributed by atoms with Crippen LogP contribution >= 0.6 is 12.2 Å². The summed E-state index contributed by atoms with van der Waals surface area (Å²) >= 11 is 5.77. The molecule has 2 atom stereocenters. The van der Waals surface area contributed by atoms with E-state index in [1.54, 1.807) is 0 Å². The van der Waals surface area contributed by atoms with E-state index >= 15 is 0 Å². The Balaban J connectivity index is 1.42. The minimum Gasteiger partial charge on any atom is -0.352 e. The molecule has 0 radical (unpaired) electrons. The predicted octanol–water partition coefficient (Wildman–Crippen LogP) is 4.84. The van der Waals surface area contributed by atoms with Crippen LogP contribution < -0.4 is 10.6 Å². The molecule has 3 aromatic rings. The lowest BCUT2D eigenvalue weighted by atomic mass is 9.96. The molecule has 2 aliphatic rings. The van der Waals surface area contributed by atoms with E-state index < -0.39 is 0 Å². The molecule has 7 heteroatoms. The van der Waals surface area contributed by atoms with Gasteiger partial charge >= 0.3 is 0 Å². The summed E-state index contributed by atoms with van der Waals surface area (Å²) in [7, 11) is 0. The molecule has 2 N–H and O–H groups in total. The van der Waals surface area contributed by atoms with Gasteiger partial charge in [-0.3, -0.25) is 9.78 Å². The summed E-state index contributed by atoms with van der Waals surface area (Å²) in [5, 5.41) is 7.14. The zero-order valence-electron chi connectivity index (χ0n) is 19.0. The van der Waals surface area contributed by atoms with Gasteiger partial charge in [-0.15, -0.1) is 0 Å². The average molecular weight is 460 g/mol. The molecule has 170 valence electrons. The van der Waals surface area contributed by atoms with E-state index in [9.17, 15) is 4.79 Å². The summed E-state index contributed by atoms with van der Waals surface area (Å²) in [6.07, 6.45) is 4.65. The molecule has 1 aliphatic carbocycles. The molecular weight excluding hydrogens is 430 g/mol. The molecule has 5 rings (SSSR count). The number of aryl methyl sites for hydroxylation is 1. The number of carbonyl (C=O) groups excluding carboxylic acids is 1. The maximum absolute atomic E-state index is 12.7. The van der Waals surface area contributed by atoms with Crippen molar-refractivity contribution in [2.45, 2.75) is 51.2 Å². The fourth-order valence-corrected chi connectivity index (χ4v) is 5.28. The summed E-state index contributed by atoms with van der Waals surface area (Å²) in [6.45, 7) is 4.92. The topological polar surface area (TPSA) is 62.2 Å². The van der Waals surface area contributed by atoms with E-state index in [0.29, 0.717) is 24.1 Å². The van der Waals surface area contributed by atoms with Gasteiger partial charge in [-0.05, 0) is 74.8 Å². The number of para-hydroxylation sites is 1. The van der Waals surface area contributed by atoms with Crippen LogP contribution in [0.4, 0.5) is 5.69 Å². The smallest absolute Gasteiger partial charge is 0.226 e. The number of hydrogen-bond donors (Lipinski definition) is 2. The third-order valence-corrected chi connectivity index (χ3v) is 6.94. The number of thiocarbonyl (C=S) groups is 1. The van der Waals surface area contributed by atoms with Crippen LogP contribution in [0.15, 0.2) is 60.8 Å². The maximum atomic E-state index is 12.7. The number of nitrogens with zero attached hydrogens (tertiary/aromatic N) is 3. The van der Waals surface area contributed by atoms with Crippen LogP contribution in [0.1, 0.15) is 60.0 Å². The first-order valence-corrected chi connectivity index (χ1v) is 11.9. The molecule has 1 aromatic carbocycles. The summed E-state index contributed by atoms with van der Waals surface area (Å²) < 4.78 is 2.46. The van der Waals surface area contributed by atoms with Crippen LogP contribution in [0.5, 0.6) is 0 Å². The van der Waals surface area contributed by atoms with E-state index in [-0.39, 0.29) is 18.0 Å². The SMILES string of the molecule is Cc1cc(C2C(c3ccccn3)NC(=S)N2CCC(=O)Nc2ccccc2)c(C)n1C1CC1. The Morgan fingerprint density at radius 3 is 2.61 bits per heavy atom. The van der Waals surface area contributed by atoms with Crippen LogP contribution in [0.3, 0.4) is 0 Å². The first-order chi connectivity index (χ1) is 16.0. The minimum atomic E-state index is -0.0657. The van der Waals surface area contributed by atoms with Gasteiger partial charge in [0.25, 0.3) is 0 Å². The second-order valence-corrected chi connectivity index (χ2v) is 9.30. The fourth-order valence-electron chi connectivity index (χ4n) is 4.95. The second-order valence-electron chi connectivity index (χ2n) is 8.91. The zero-order valence-corrected chi connectivity index (χ0v) is 19.8. The lowest BCUT2D eigenvalue weighted by molar-refractivity contribution is -0.116. The Morgan fingerprint density at radius 1 is 1.15 bits per heavy atom. The highest BCUT2D eigenvalue weighted by Crippen LogP contribution is 2.44. The lowest BCUT2D eigenvalue weighted by Crippen LogP contribution is -2.32. The Morgan fingerprint density at radius 2 is 1.91 bits per heavy atom. The third-order valence-electron chi connectivity index (χ3n) is 6.59. The van der Waals surface area contributed by atoms with E-state index in [0.717, 1.165) is 11.4 Å². The molecule has 1 saturated carbocycles. The Labute approximate surface area is 200 Å². The fraction of sp³-hybridized carbons (Fsp3) is 0.346. The van der Waals surface area contributed by atoms with Gasteiger partial charge in [0.1, 0.15) is 0 Å². The quantitative estimate of drug-likeness (QED) is 0.495. The number of anilines is 1. The van der Waals surface area contributed by atoms with Crippen molar-refractivity contribution < 1.29 is 4.79 Å².